The summed E-state index contributed by atoms with van der Waals surface area (Å²) in [5.41, 5.74) is 3.86. The number of hydrogen-bond donors (Lipinski definition) is 0. The lowest BCUT2D eigenvalue weighted by molar-refractivity contribution is -0.119. The van der Waals surface area contributed by atoms with Crippen LogP contribution in [-0.4, -0.2) is 13.0 Å². The molecule has 3 aromatic rings. The van der Waals surface area contributed by atoms with Gasteiger partial charge in [0.05, 0.1) is 0 Å². The van der Waals surface area contributed by atoms with Crippen LogP contribution in [0.1, 0.15) is 11.1 Å². The van der Waals surface area contributed by atoms with Gasteiger partial charge in [-0.05, 0) is 34.9 Å². The van der Waals surface area contributed by atoms with Crippen LogP contribution in [0.25, 0.3) is 11.1 Å². The van der Waals surface area contributed by atoms with Crippen molar-refractivity contribution >= 4 is 23.2 Å². The maximum atomic E-state index is 13.8. The Balaban J connectivity index is 1.82. The van der Waals surface area contributed by atoms with E-state index in [0.717, 1.165) is 11.1 Å². The summed E-state index contributed by atoms with van der Waals surface area (Å²) in [5, 5.41) is 0. The highest BCUT2D eigenvalue weighted by molar-refractivity contribution is 6.41. The van der Waals surface area contributed by atoms with Crippen molar-refractivity contribution in [3.8, 4) is 11.1 Å². The highest BCUT2D eigenvalue weighted by Crippen LogP contribution is 2.48. The highest BCUT2D eigenvalue weighted by atomic mass is 35.5. The smallest absolute Gasteiger partial charge is 0.257 e. The summed E-state index contributed by atoms with van der Waals surface area (Å²) in [6, 6.07) is 21.7. The fourth-order valence-corrected chi connectivity index (χ4v) is 3.74. The number of hydrogen-bond acceptors (Lipinski definition) is 1. The molecule has 0 fully saturated rings. The molecule has 2 nitrogen and oxygen atoms in total. The highest BCUT2D eigenvalue weighted by Gasteiger charge is 2.50. The second-order valence-corrected chi connectivity index (χ2v) is 6.69. The fraction of sp³-hybridized carbons (Fsp3) is 0.0952. The van der Waals surface area contributed by atoms with E-state index >= 15 is 0 Å². The number of fused-ring (bicyclic) bond motifs is 1. The third-order valence-corrected chi connectivity index (χ3v) is 5.26. The number of alkyl halides is 1. The van der Waals surface area contributed by atoms with Gasteiger partial charge in [0.15, 0.2) is 4.87 Å². The number of carbonyl (C=O) groups is 1. The first-order valence-corrected chi connectivity index (χ1v) is 8.32. The van der Waals surface area contributed by atoms with Crippen molar-refractivity contribution in [3.63, 3.8) is 0 Å². The minimum atomic E-state index is -1.40. The number of benzene rings is 3. The SMILES string of the molecule is CN1C(=O)C(Cl)(c2ccc(-c3ccccc3)cc2)c2cc(F)ccc21. The maximum Gasteiger partial charge on any atom is 0.257 e. The molecule has 4 rings (SSSR count). The molecule has 0 bridgehead atoms. The van der Waals surface area contributed by atoms with E-state index in [1.165, 1.54) is 17.0 Å². The van der Waals surface area contributed by atoms with Crippen molar-refractivity contribution in [2.75, 3.05) is 11.9 Å². The standard InChI is InChI=1S/C21H15ClFNO/c1-24-19-12-11-17(23)13-18(19)21(22,20(24)25)16-9-7-15(8-10-16)14-5-3-2-4-6-14/h2-13H,1H3. The molecule has 1 aliphatic heterocycles. The fourth-order valence-electron chi connectivity index (χ4n) is 3.33. The number of anilines is 1. The zero-order valence-corrected chi connectivity index (χ0v) is 14.3. The Hall–Kier alpha value is -2.65. The average molecular weight is 352 g/mol. The minimum Gasteiger partial charge on any atom is -0.313 e. The van der Waals surface area contributed by atoms with E-state index in [1.54, 1.807) is 13.1 Å². The van der Waals surface area contributed by atoms with Gasteiger partial charge >= 0.3 is 0 Å². The number of nitrogens with zero attached hydrogens (tertiary/aromatic N) is 1. The molecule has 0 spiro atoms. The lowest BCUT2D eigenvalue weighted by Crippen LogP contribution is -2.35. The van der Waals surface area contributed by atoms with Gasteiger partial charge in [-0.2, -0.15) is 0 Å². The van der Waals surface area contributed by atoms with E-state index in [1.807, 2.05) is 54.6 Å². The molecule has 1 atom stereocenters. The summed E-state index contributed by atoms with van der Waals surface area (Å²) in [4.78, 5) is 12.9. The molecule has 3 aromatic carbocycles. The number of amides is 1. The molecule has 0 aromatic heterocycles. The summed E-state index contributed by atoms with van der Waals surface area (Å²) in [5.74, 6) is -0.685. The number of likely N-dealkylation sites (N-methyl/N-ethyl adjacent to an activating group) is 1. The van der Waals surface area contributed by atoms with E-state index < -0.39 is 10.7 Å². The van der Waals surface area contributed by atoms with E-state index in [-0.39, 0.29) is 5.91 Å². The lowest BCUT2D eigenvalue weighted by Gasteiger charge is -2.21. The van der Waals surface area contributed by atoms with Crippen molar-refractivity contribution in [1.29, 1.82) is 0 Å². The number of halogens is 2. The Kier molecular flexibility index (Phi) is 3.62. The molecule has 1 unspecified atom stereocenters. The molecule has 0 N–H and O–H groups in total. The van der Waals surface area contributed by atoms with Gasteiger partial charge in [0.25, 0.3) is 5.91 Å². The zero-order chi connectivity index (χ0) is 17.6. The van der Waals surface area contributed by atoms with Crippen molar-refractivity contribution in [2.45, 2.75) is 4.87 Å². The Bertz CT molecular complexity index is 955. The lowest BCUT2D eigenvalue weighted by atomic mass is 9.90. The second kappa shape index (κ2) is 5.71. The molecule has 0 saturated carbocycles. The molecular formula is C21H15ClFNO. The Morgan fingerprint density at radius 3 is 2.24 bits per heavy atom. The predicted octanol–water partition coefficient (Wildman–Crippen LogP) is 4.95. The normalized spacial score (nSPS) is 19.2. The quantitative estimate of drug-likeness (QED) is 0.598. The van der Waals surface area contributed by atoms with Crippen LogP contribution in [-0.2, 0) is 9.67 Å². The third-order valence-electron chi connectivity index (χ3n) is 4.68. The van der Waals surface area contributed by atoms with Crippen molar-refractivity contribution < 1.29 is 9.18 Å². The molecular weight excluding hydrogens is 337 g/mol. The van der Waals surface area contributed by atoms with Gasteiger partial charge in [0.1, 0.15) is 5.82 Å². The molecule has 0 saturated heterocycles. The molecule has 4 heteroatoms. The largest absolute Gasteiger partial charge is 0.313 e. The zero-order valence-electron chi connectivity index (χ0n) is 13.5. The van der Waals surface area contributed by atoms with E-state index in [0.29, 0.717) is 16.8 Å². The molecule has 124 valence electrons. The van der Waals surface area contributed by atoms with Crippen LogP contribution >= 0.6 is 11.6 Å². The van der Waals surface area contributed by atoms with Crippen LogP contribution in [0.2, 0.25) is 0 Å². The van der Waals surface area contributed by atoms with Crippen LogP contribution in [0, 0.1) is 5.82 Å². The predicted molar refractivity (Wildman–Crippen MR) is 98.3 cm³/mol. The first kappa shape index (κ1) is 15.9. The summed E-state index contributed by atoms with van der Waals surface area (Å²) in [7, 11) is 1.65. The van der Waals surface area contributed by atoms with Gasteiger partial charge in [0.2, 0.25) is 0 Å². The third kappa shape index (κ3) is 2.35. The van der Waals surface area contributed by atoms with Crippen LogP contribution in [0.3, 0.4) is 0 Å². The summed E-state index contributed by atoms with van der Waals surface area (Å²) in [6.07, 6.45) is 0. The average Bonchev–Trinajstić information content (AvgIpc) is 2.84. The van der Waals surface area contributed by atoms with E-state index in [9.17, 15) is 9.18 Å². The molecule has 0 radical (unpaired) electrons. The first-order valence-electron chi connectivity index (χ1n) is 7.95. The maximum absolute atomic E-state index is 13.8. The number of rotatable bonds is 2. The van der Waals surface area contributed by atoms with E-state index in [2.05, 4.69) is 0 Å². The van der Waals surface area contributed by atoms with Crippen LogP contribution in [0.5, 0.6) is 0 Å². The second-order valence-electron chi connectivity index (χ2n) is 6.13. The van der Waals surface area contributed by atoms with Gasteiger partial charge in [-0.3, -0.25) is 4.79 Å². The summed E-state index contributed by atoms with van der Waals surface area (Å²) in [6.45, 7) is 0. The first-order chi connectivity index (χ1) is 12.0. The van der Waals surface area contributed by atoms with Gasteiger partial charge in [-0.15, -0.1) is 0 Å². The van der Waals surface area contributed by atoms with Gasteiger partial charge in [-0.25, -0.2) is 4.39 Å². The Labute approximate surface area is 150 Å². The monoisotopic (exact) mass is 351 g/mol. The van der Waals surface area contributed by atoms with Crippen molar-refractivity contribution in [3.05, 3.63) is 89.7 Å². The molecule has 1 aliphatic rings. The van der Waals surface area contributed by atoms with Crippen LogP contribution in [0.15, 0.2) is 72.8 Å². The topological polar surface area (TPSA) is 20.3 Å². The Morgan fingerprint density at radius 2 is 1.56 bits per heavy atom. The van der Waals surface area contributed by atoms with Gasteiger partial charge in [-0.1, -0.05) is 66.2 Å². The molecule has 1 amide bonds. The Morgan fingerprint density at radius 1 is 0.920 bits per heavy atom. The molecule has 0 aliphatic carbocycles. The molecule has 1 heterocycles. The van der Waals surface area contributed by atoms with Gasteiger partial charge in [0, 0.05) is 18.3 Å². The van der Waals surface area contributed by atoms with Gasteiger partial charge < -0.3 is 4.90 Å². The number of carbonyl (C=O) groups excluding carboxylic acids is 1. The van der Waals surface area contributed by atoms with Crippen molar-refractivity contribution in [2.24, 2.45) is 0 Å². The summed E-state index contributed by atoms with van der Waals surface area (Å²) >= 11 is 6.78. The minimum absolute atomic E-state index is 0.276. The van der Waals surface area contributed by atoms with Crippen LogP contribution in [0.4, 0.5) is 10.1 Å². The summed E-state index contributed by atoms with van der Waals surface area (Å²) < 4.78 is 13.8. The molecule has 25 heavy (non-hydrogen) atoms. The van der Waals surface area contributed by atoms with E-state index in [4.69, 9.17) is 11.6 Å². The van der Waals surface area contributed by atoms with Crippen molar-refractivity contribution in [1.82, 2.24) is 0 Å². The van der Waals surface area contributed by atoms with Crippen LogP contribution < -0.4 is 4.90 Å².